The van der Waals surface area contributed by atoms with Crippen LogP contribution >= 0.6 is 0 Å². The van der Waals surface area contributed by atoms with Crippen molar-refractivity contribution in [2.24, 2.45) is 114 Å². The molecule has 16 aliphatic rings. The molecule has 26 atom stereocenters. The van der Waals surface area contributed by atoms with Gasteiger partial charge in [-0.15, -0.1) is 0 Å². The standard InChI is InChI=1S/C21H30O4.C21H28O4.C21H30O3.C19H28O3/c2*1-12(22)25-14-6-8-20(2)13(10-14)11-17(23)19-15-4-5-18(24)21(15,3)9-7-16(19)20;1-13(22)24-15-8-10-20(2)14(12-15)4-5-16-17-6-7-19(23)21(17,3)11-9-18(16)20;1-18-7-5-12(20)9-11(18)10-15(21)17-13-3-4-16(22)19(13,2)8-6-14(17)18/h11,14-17,19,23H,4-10H2,1-3H3;11,14-16,19H,4-10H2,1-3H3;4,15-18H,5-12H2,1-3H3;10,12-15,17,20-21H,3-9H2,1-2H3/t14-,15?,16?,17+,19?,20-,21-;14-,15?,16?,19?,20-,21-;15-,16?,17?,18?,20-,21-;12-,13?,14?,15+,17?,18-,19-/m0000/s1. The highest BCUT2D eigenvalue weighted by Crippen LogP contribution is 2.69. The molecule has 528 valence electrons. The molecule has 0 aromatic heterocycles. The summed E-state index contributed by atoms with van der Waals surface area (Å²) in [6.07, 6.45) is 33.9. The molecule has 0 aromatic carbocycles. The summed E-state index contributed by atoms with van der Waals surface area (Å²) in [7, 11) is 0. The summed E-state index contributed by atoms with van der Waals surface area (Å²) in [6, 6.07) is 0. The van der Waals surface area contributed by atoms with Gasteiger partial charge in [-0.3, -0.25) is 38.4 Å². The van der Waals surface area contributed by atoms with Crippen LogP contribution in [0.5, 0.6) is 0 Å². The van der Waals surface area contributed by atoms with E-state index < -0.39 is 12.2 Å². The normalized spacial score (nSPS) is 49.0. The van der Waals surface area contributed by atoms with Gasteiger partial charge in [0.15, 0.2) is 5.78 Å². The average Bonchev–Trinajstić information content (AvgIpc) is 1.36. The molecule has 0 spiro atoms. The number of carbonyl (C=O) groups excluding carboxylic acids is 8. The van der Waals surface area contributed by atoms with Crippen molar-refractivity contribution in [2.45, 2.75) is 299 Å². The van der Waals surface area contributed by atoms with Crippen LogP contribution in [0.4, 0.5) is 0 Å². The lowest BCUT2D eigenvalue weighted by atomic mass is 9.47. The third-order valence-corrected chi connectivity index (χ3v) is 32.0. The zero-order chi connectivity index (χ0) is 68.8. The number of hydrogen-bond acceptors (Lipinski definition) is 14. The van der Waals surface area contributed by atoms with Crippen molar-refractivity contribution < 1.29 is 67.9 Å². The third kappa shape index (κ3) is 11.4. The number of ketones is 5. The molecule has 0 radical (unpaired) electrons. The molecule has 16 aliphatic carbocycles. The van der Waals surface area contributed by atoms with Crippen LogP contribution in [0.1, 0.15) is 262 Å². The van der Waals surface area contributed by atoms with Crippen LogP contribution < -0.4 is 0 Å². The number of fused-ring (bicyclic) bond motifs is 20. The Kier molecular flexibility index (Phi) is 18.5. The molecular weight excluding hydrogens is 1210 g/mol. The molecule has 14 nitrogen and oxygen atoms in total. The van der Waals surface area contributed by atoms with E-state index >= 15 is 0 Å². The van der Waals surface area contributed by atoms with Crippen molar-refractivity contribution >= 4 is 46.8 Å². The Bertz CT molecular complexity index is 3310. The van der Waals surface area contributed by atoms with Gasteiger partial charge >= 0.3 is 17.9 Å². The van der Waals surface area contributed by atoms with Crippen molar-refractivity contribution in [3.05, 3.63) is 46.6 Å². The topological polar surface area (TPSA) is 225 Å². The molecule has 0 saturated heterocycles. The van der Waals surface area contributed by atoms with Crippen molar-refractivity contribution in [1.82, 2.24) is 0 Å². The molecule has 12 unspecified atom stereocenters. The van der Waals surface area contributed by atoms with Gasteiger partial charge in [-0.25, -0.2) is 0 Å². The zero-order valence-corrected chi connectivity index (χ0v) is 60.0. The number of aliphatic hydroxyl groups excluding tert-OH is 3. The highest BCUT2D eigenvalue weighted by molar-refractivity contribution is 5.97. The van der Waals surface area contributed by atoms with E-state index in [1.807, 2.05) is 18.2 Å². The van der Waals surface area contributed by atoms with E-state index in [-0.39, 0.29) is 115 Å². The molecule has 0 amide bonds. The first-order chi connectivity index (χ1) is 45.2. The first kappa shape index (κ1) is 70.1. The van der Waals surface area contributed by atoms with Crippen LogP contribution in [0.3, 0.4) is 0 Å². The maximum Gasteiger partial charge on any atom is 0.302 e. The number of esters is 3. The lowest BCUT2D eigenvalue weighted by molar-refractivity contribution is -0.150. The van der Waals surface area contributed by atoms with Gasteiger partial charge in [0.25, 0.3) is 0 Å². The summed E-state index contributed by atoms with van der Waals surface area (Å²) in [5, 5.41) is 31.8. The molecular formula is C82H116O14. The average molecular weight is 1330 g/mol. The van der Waals surface area contributed by atoms with Gasteiger partial charge < -0.3 is 29.5 Å². The number of carbonyl (C=O) groups is 8. The second-order valence-corrected chi connectivity index (χ2v) is 36.3. The minimum absolute atomic E-state index is 0.00391. The van der Waals surface area contributed by atoms with Gasteiger partial charge in [-0.05, 0) is 234 Å². The van der Waals surface area contributed by atoms with E-state index in [1.165, 1.54) is 49.5 Å². The summed E-state index contributed by atoms with van der Waals surface area (Å²) in [5.41, 5.74) is 4.96. The molecule has 14 heteroatoms. The highest BCUT2D eigenvalue weighted by atomic mass is 16.5. The molecule has 16 rings (SSSR count). The predicted octanol–water partition coefficient (Wildman–Crippen LogP) is 14.3. The molecule has 3 N–H and O–H groups in total. The fraction of sp³-hybridized carbons (Fsp3) is 0.805. The molecule has 12 fully saturated rings. The Labute approximate surface area is 571 Å². The number of Topliss-reactive ketones (excluding diaryl/α,β-unsaturated/α-hetero) is 4. The van der Waals surface area contributed by atoms with Crippen molar-refractivity contribution in [3.8, 4) is 0 Å². The SMILES string of the molecule is CC(=O)O[C@H]1CC[C@@]2(C)C(=CC(=O)C3C2CC[C@]2(C)C(=O)CCC32)C1.CC(=O)O[C@H]1CC[C@@]2(C)C(=CCC3C2CC[C@]2(C)C(=O)CCC32)C1.CC(=O)O[C@H]1CC[C@@]2(C)C(=C[C@@H](O)C3C2CC[C@]2(C)C(=O)CCC32)C1.C[C@]12CC[C@H](O)CC1=C[C@@H](O)C1C2CC[C@]2(C)C(=O)CCC12. The number of ether oxygens (including phenoxy) is 3. The van der Waals surface area contributed by atoms with Crippen LogP contribution in [0.15, 0.2) is 46.6 Å². The van der Waals surface area contributed by atoms with Gasteiger partial charge in [0.05, 0.1) is 18.3 Å². The number of aliphatic hydroxyl groups is 3. The van der Waals surface area contributed by atoms with Crippen LogP contribution in [-0.2, 0) is 52.6 Å². The second kappa shape index (κ2) is 25.3. The molecule has 0 aromatic rings. The Hall–Kier alpha value is -4.40. The summed E-state index contributed by atoms with van der Waals surface area (Å²) in [6.45, 7) is 22.5. The number of rotatable bonds is 3. The predicted molar refractivity (Wildman–Crippen MR) is 363 cm³/mol. The van der Waals surface area contributed by atoms with Crippen molar-refractivity contribution in [2.75, 3.05) is 0 Å². The van der Waals surface area contributed by atoms with Gasteiger partial charge in [0.1, 0.15) is 41.4 Å². The summed E-state index contributed by atoms with van der Waals surface area (Å²) in [4.78, 5) is 96.7. The van der Waals surface area contributed by atoms with E-state index in [0.717, 1.165) is 154 Å². The number of hydrogen-bond donors (Lipinski definition) is 3. The van der Waals surface area contributed by atoms with Crippen LogP contribution in [0.2, 0.25) is 0 Å². The van der Waals surface area contributed by atoms with Crippen LogP contribution in [0, 0.1) is 114 Å². The Morgan fingerprint density at radius 1 is 0.375 bits per heavy atom. The van der Waals surface area contributed by atoms with Gasteiger partial charge in [0.2, 0.25) is 0 Å². The summed E-state index contributed by atoms with van der Waals surface area (Å²) < 4.78 is 16.4. The Balaban J connectivity index is 0.000000116. The van der Waals surface area contributed by atoms with E-state index in [2.05, 4.69) is 61.5 Å². The number of allylic oxidation sites excluding steroid dienone is 2. The molecule has 0 bridgehead atoms. The maximum atomic E-state index is 13.1. The zero-order valence-electron chi connectivity index (χ0n) is 60.0. The summed E-state index contributed by atoms with van der Waals surface area (Å²) in [5.74, 6) is 5.82. The quantitative estimate of drug-likeness (QED) is 0.136. The lowest BCUT2D eigenvalue weighted by Gasteiger charge is -2.58. The summed E-state index contributed by atoms with van der Waals surface area (Å²) >= 11 is 0. The minimum atomic E-state index is -0.473. The van der Waals surface area contributed by atoms with E-state index in [4.69, 9.17) is 14.2 Å². The lowest BCUT2D eigenvalue weighted by Crippen LogP contribution is -2.54. The maximum absolute atomic E-state index is 13.1. The highest BCUT2D eigenvalue weighted by Gasteiger charge is 2.65. The molecule has 0 heterocycles. The monoisotopic (exact) mass is 1320 g/mol. The fourth-order valence-electron chi connectivity index (χ4n) is 26.3. The Morgan fingerprint density at radius 3 is 1.16 bits per heavy atom. The third-order valence-electron chi connectivity index (χ3n) is 32.0. The van der Waals surface area contributed by atoms with E-state index in [9.17, 15) is 53.7 Å². The van der Waals surface area contributed by atoms with Crippen molar-refractivity contribution in [3.63, 3.8) is 0 Å². The smallest absolute Gasteiger partial charge is 0.302 e. The van der Waals surface area contributed by atoms with Crippen LogP contribution in [-0.4, -0.2) is 98.8 Å². The Morgan fingerprint density at radius 2 is 0.688 bits per heavy atom. The van der Waals surface area contributed by atoms with E-state index in [1.54, 1.807) is 0 Å². The minimum Gasteiger partial charge on any atom is -0.462 e. The molecule has 12 saturated carbocycles. The molecule has 0 aliphatic heterocycles. The van der Waals surface area contributed by atoms with E-state index in [0.29, 0.717) is 96.2 Å². The second-order valence-electron chi connectivity index (χ2n) is 36.3. The fourth-order valence-corrected chi connectivity index (χ4v) is 26.3. The van der Waals surface area contributed by atoms with Crippen molar-refractivity contribution in [1.29, 1.82) is 0 Å². The van der Waals surface area contributed by atoms with Crippen LogP contribution in [0.25, 0.3) is 0 Å². The van der Waals surface area contributed by atoms with Gasteiger partial charge in [-0.2, -0.15) is 0 Å². The largest absolute Gasteiger partial charge is 0.462 e. The first-order valence-electron chi connectivity index (χ1n) is 38.3. The first-order valence-corrected chi connectivity index (χ1v) is 38.3. The molecule has 96 heavy (non-hydrogen) atoms. The van der Waals surface area contributed by atoms with Gasteiger partial charge in [0, 0.05) is 93.3 Å². The van der Waals surface area contributed by atoms with Gasteiger partial charge in [-0.1, -0.05) is 95.9 Å².